The van der Waals surface area contributed by atoms with Crippen LogP contribution < -0.4 is 63.5 Å². The summed E-state index contributed by atoms with van der Waals surface area (Å²) in [6.07, 6.45) is 4.41. The van der Waals surface area contributed by atoms with Gasteiger partial charge in [0.15, 0.2) is 5.78 Å². The SMILES string of the molecule is CNC1=C(C(=O)c2ccc(C[N-]C(=O)COCCCOC(C)=O)cc2)CCCC1.[Rb+]. The number of carbonyl (C=O) groups is 3. The van der Waals surface area contributed by atoms with Gasteiger partial charge in [-0.2, -0.15) is 0 Å². The summed E-state index contributed by atoms with van der Waals surface area (Å²) in [6, 6.07) is 7.23. The van der Waals surface area contributed by atoms with Crippen LogP contribution in [0.5, 0.6) is 0 Å². The van der Waals surface area contributed by atoms with Gasteiger partial charge in [0.25, 0.3) is 0 Å². The van der Waals surface area contributed by atoms with Crippen LogP contribution in [0.1, 0.15) is 54.9 Å². The van der Waals surface area contributed by atoms with Crippen LogP contribution in [0.2, 0.25) is 0 Å². The van der Waals surface area contributed by atoms with Gasteiger partial charge in [0, 0.05) is 37.2 Å². The van der Waals surface area contributed by atoms with E-state index in [2.05, 4.69) is 10.6 Å². The molecule has 1 aliphatic rings. The Kier molecular flexibility index (Phi) is 13.6. The Bertz CT molecular complexity index is 746. The molecule has 2 rings (SSSR count). The number of amides is 1. The Morgan fingerprint density at radius 1 is 1.07 bits per heavy atom. The van der Waals surface area contributed by atoms with E-state index in [9.17, 15) is 14.4 Å². The summed E-state index contributed by atoms with van der Waals surface area (Å²) >= 11 is 0. The summed E-state index contributed by atoms with van der Waals surface area (Å²) in [4.78, 5) is 35.1. The molecule has 1 amide bonds. The molecule has 0 aliphatic heterocycles. The second-order valence-electron chi connectivity index (χ2n) is 6.90. The number of nitrogens with zero attached hydrogens (tertiary/aromatic N) is 1. The largest absolute Gasteiger partial charge is 1.00 e. The number of Topliss-reactive ketones (excluding diaryl/α,β-unsaturated/α-hetero) is 1. The molecule has 0 heterocycles. The smallest absolute Gasteiger partial charge is 0.648 e. The van der Waals surface area contributed by atoms with Gasteiger partial charge in [-0.1, -0.05) is 29.8 Å². The second kappa shape index (κ2) is 15.0. The molecule has 0 saturated carbocycles. The van der Waals surface area contributed by atoms with Gasteiger partial charge in [0.05, 0.1) is 25.7 Å². The van der Waals surface area contributed by atoms with Gasteiger partial charge in [-0.15, -0.1) is 6.54 Å². The fourth-order valence-electron chi connectivity index (χ4n) is 3.13. The van der Waals surface area contributed by atoms with E-state index in [-0.39, 0.29) is 95.6 Å². The molecule has 0 atom stereocenters. The first-order chi connectivity index (χ1) is 14.0. The number of ketones is 1. The van der Waals surface area contributed by atoms with Gasteiger partial charge in [-0.05, 0) is 25.7 Å². The number of benzene rings is 1. The van der Waals surface area contributed by atoms with E-state index in [0.717, 1.165) is 42.5 Å². The molecule has 0 unspecified atom stereocenters. The number of allylic oxidation sites excluding steroid dienone is 2. The minimum Gasteiger partial charge on any atom is -0.648 e. The average molecular weight is 487 g/mol. The third-order valence-corrected chi connectivity index (χ3v) is 4.66. The first kappa shape index (κ1) is 27.2. The maximum atomic E-state index is 12.8. The van der Waals surface area contributed by atoms with Crippen molar-refractivity contribution in [1.29, 1.82) is 0 Å². The molecule has 0 saturated heterocycles. The predicted molar refractivity (Wildman–Crippen MR) is 109 cm³/mol. The third-order valence-electron chi connectivity index (χ3n) is 4.66. The van der Waals surface area contributed by atoms with Gasteiger partial charge < -0.3 is 24.9 Å². The minimum absolute atomic E-state index is 0. The number of nitrogens with one attached hydrogen (secondary N) is 1. The second-order valence-corrected chi connectivity index (χ2v) is 6.90. The van der Waals surface area contributed by atoms with Crippen LogP contribution in [0.25, 0.3) is 5.32 Å². The zero-order chi connectivity index (χ0) is 21.1. The van der Waals surface area contributed by atoms with E-state index in [1.807, 2.05) is 19.2 Å². The third kappa shape index (κ3) is 9.52. The maximum absolute atomic E-state index is 12.8. The molecule has 0 bridgehead atoms. The quantitative estimate of drug-likeness (QED) is 0.274. The Morgan fingerprint density at radius 2 is 1.77 bits per heavy atom. The summed E-state index contributed by atoms with van der Waals surface area (Å²) in [6.45, 7) is 2.10. The van der Waals surface area contributed by atoms with Crippen LogP contribution in [-0.2, 0) is 25.6 Å². The van der Waals surface area contributed by atoms with Crippen LogP contribution >= 0.6 is 0 Å². The molecule has 158 valence electrons. The van der Waals surface area contributed by atoms with Gasteiger partial charge in [-0.25, -0.2) is 0 Å². The topological polar surface area (TPSA) is 95.8 Å². The van der Waals surface area contributed by atoms with E-state index in [1.54, 1.807) is 12.1 Å². The van der Waals surface area contributed by atoms with Crippen LogP contribution in [0.15, 0.2) is 35.5 Å². The van der Waals surface area contributed by atoms with E-state index in [1.165, 1.54) is 6.92 Å². The maximum Gasteiger partial charge on any atom is 1.00 e. The molecule has 1 aliphatic carbocycles. The van der Waals surface area contributed by atoms with Crippen LogP contribution in [-0.4, -0.2) is 44.5 Å². The molecule has 1 N–H and O–H groups in total. The molecule has 0 radical (unpaired) electrons. The summed E-state index contributed by atoms with van der Waals surface area (Å²) < 4.78 is 9.99. The predicted octanol–water partition coefficient (Wildman–Crippen LogP) is 0.291. The number of hydrogen-bond acceptors (Lipinski definition) is 6. The van der Waals surface area contributed by atoms with Gasteiger partial charge in [-0.3, -0.25) is 9.59 Å². The fourth-order valence-corrected chi connectivity index (χ4v) is 3.13. The number of ether oxygens (including phenoxy) is 2. The molecule has 0 fully saturated rings. The van der Waals surface area contributed by atoms with Gasteiger partial charge in [0.1, 0.15) is 0 Å². The molecule has 0 spiro atoms. The monoisotopic (exact) mass is 486 g/mol. The molecule has 8 heteroatoms. The standard InChI is InChI=1S/C22H30N2O5.Rb/c1-16(25)29-13-5-12-28-15-21(26)24-14-17-8-10-18(11-9-17)22(27)19-6-3-4-7-20(19)23-2;/h8-11H,3-7,12-15H2,1-2H3,(H2,23,24,26,27);/q;+1/p-1. The zero-order valence-electron chi connectivity index (χ0n) is 18.2. The van der Waals surface area contributed by atoms with Gasteiger partial charge in [0.2, 0.25) is 0 Å². The Morgan fingerprint density at radius 3 is 2.43 bits per heavy atom. The summed E-state index contributed by atoms with van der Waals surface area (Å²) in [7, 11) is 1.86. The Labute approximate surface area is 227 Å². The number of carbonyl (C=O) groups excluding carboxylic acids is 3. The van der Waals surface area contributed by atoms with E-state index in [4.69, 9.17) is 9.47 Å². The number of esters is 1. The molecule has 1 aromatic carbocycles. The molecular weight excluding hydrogens is 458 g/mol. The van der Waals surface area contributed by atoms with Crippen LogP contribution in [0.4, 0.5) is 0 Å². The minimum atomic E-state index is -0.344. The fraction of sp³-hybridized carbons (Fsp3) is 0.500. The van der Waals surface area contributed by atoms with Crippen molar-refractivity contribution in [3.8, 4) is 0 Å². The summed E-state index contributed by atoms with van der Waals surface area (Å²) in [5, 5.41) is 7.13. The number of rotatable bonds is 11. The molecule has 1 aromatic rings. The summed E-state index contributed by atoms with van der Waals surface area (Å²) in [5.41, 5.74) is 3.42. The van der Waals surface area contributed by atoms with E-state index in [0.29, 0.717) is 18.6 Å². The van der Waals surface area contributed by atoms with Crippen LogP contribution in [0, 0.1) is 0 Å². The Hall–Kier alpha value is -0.865. The van der Waals surface area contributed by atoms with Crippen molar-refractivity contribution < 1.29 is 82.0 Å². The van der Waals surface area contributed by atoms with Crippen molar-refractivity contribution >= 4 is 17.7 Å². The molecule has 30 heavy (non-hydrogen) atoms. The van der Waals surface area contributed by atoms with Crippen molar-refractivity contribution in [3.05, 3.63) is 52.0 Å². The molecular formula is C22H29N2O5Rb. The van der Waals surface area contributed by atoms with Crippen molar-refractivity contribution in [1.82, 2.24) is 5.32 Å². The normalized spacial score (nSPS) is 13.3. The van der Waals surface area contributed by atoms with Crippen LogP contribution in [0.3, 0.4) is 0 Å². The van der Waals surface area contributed by atoms with Crippen molar-refractivity contribution in [2.24, 2.45) is 0 Å². The first-order valence-corrected chi connectivity index (χ1v) is 9.96. The van der Waals surface area contributed by atoms with Crippen molar-refractivity contribution in [2.75, 3.05) is 26.9 Å². The molecule has 7 nitrogen and oxygen atoms in total. The first-order valence-electron chi connectivity index (χ1n) is 9.96. The zero-order valence-corrected chi connectivity index (χ0v) is 23.1. The van der Waals surface area contributed by atoms with E-state index >= 15 is 0 Å². The van der Waals surface area contributed by atoms with E-state index < -0.39 is 0 Å². The average Bonchev–Trinajstić information content (AvgIpc) is 2.74. The van der Waals surface area contributed by atoms with Crippen molar-refractivity contribution in [3.63, 3.8) is 0 Å². The summed E-state index contributed by atoms with van der Waals surface area (Å²) in [5.74, 6) is -0.610. The van der Waals surface area contributed by atoms with Gasteiger partial charge >= 0.3 is 64.2 Å². The number of hydrogen-bond donors (Lipinski definition) is 1. The van der Waals surface area contributed by atoms with Crippen molar-refractivity contribution in [2.45, 2.75) is 45.6 Å². The Balaban J connectivity index is 0.00000450. The molecule has 0 aromatic heterocycles.